The van der Waals surface area contributed by atoms with Crippen LogP contribution in [0.1, 0.15) is 37.6 Å². The standard InChI is InChI=1S/C16H21N5O/c1-11-9-16(2,3)20(10-11)15-13(14(17)22)12(5-7-18-15)21-8-4-6-19-21/h4-8,11H,9-10H2,1-3H3,(H2,17,22)/t11-/m0/s1. The third kappa shape index (κ3) is 2.34. The molecule has 6 nitrogen and oxygen atoms in total. The van der Waals surface area contributed by atoms with Gasteiger partial charge in [-0.05, 0) is 38.3 Å². The Kier molecular flexibility index (Phi) is 3.39. The van der Waals surface area contributed by atoms with Gasteiger partial charge in [-0.25, -0.2) is 9.67 Å². The molecule has 0 bridgehead atoms. The molecule has 0 aliphatic carbocycles. The molecule has 2 N–H and O–H groups in total. The Labute approximate surface area is 129 Å². The first kappa shape index (κ1) is 14.6. The minimum absolute atomic E-state index is 0.0562. The van der Waals surface area contributed by atoms with Gasteiger partial charge in [-0.2, -0.15) is 5.10 Å². The molecule has 0 saturated carbocycles. The summed E-state index contributed by atoms with van der Waals surface area (Å²) in [6.45, 7) is 7.42. The molecule has 1 saturated heterocycles. The summed E-state index contributed by atoms with van der Waals surface area (Å²) in [5.41, 5.74) is 6.70. The van der Waals surface area contributed by atoms with Crippen molar-refractivity contribution in [2.24, 2.45) is 11.7 Å². The summed E-state index contributed by atoms with van der Waals surface area (Å²) < 4.78 is 1.65. The van der Waals surface area contributed by atoms with Crippen LogP contribution in [0.4, 0.5) is 5.82 Å². The largest absolute Gasteiger partial charge is 0.365 e. The average molecular weight is 299 g/mol. The molecule has 0 radical (unpaired) electrons. The number of nitrogens with two attached hydrogens (primary N) is 1. The predicted octanol–water partition coefficient (Wildman–Crippen LogP) is 1.99. The summed E-state index contributed by atoms with van der Waals surface area (Å²) >= 11 is 0. The maximum absolute atomic E-state index is 12.1. The van der Waals surface area contributed by atoms with E-state index in [2.05, 4.69) is 35.8 Å². The second-order valence-corrected chi connectivity index (χ2v) is 6.58. The molecule has 22 heavy (non-hydrogen) atoms. The smallest absolute Gasteiger partial charge is 0.254 e. The van der Waals surface area contributed by atoms with Gasteiger partial charge in [-0.1, -0.05) is 6.92 Å². The summed E-state index contributed by atoms with van der Waals surface area (Å²) in [7, 11) is 0. The third-order valence-electron chi connectivity index (χ3n) is 4.24. The van der Waals surface area contributed by atoms with Gasteiger partial charge in [0.1, 0.15) is 11.4 Å². The highest BCUT2D eigenvalue weighted by Crippen LogP contribution is 2.38. The van der Waals surface area contributed by atoms with Crippen LogP contribution in [-0.2, 0) is 0 Å². The number of nitrogens with zero attached hydrogens (tertiary/aromatic N) is 4. The van der Waals surface area contributed by atoms with E-state index in [9.17, 15) is 4.79 Å². The highest BCUT2D eigenvalue weighted by atomic mass is 16.1. The minimum atomic E-state index is -0.482. The Balaban J connectivity index is 2.17. The van der Waals surface area contributed by atoms with Crippen LogP contribution in [0.15, 0.2) is 30.7 Å². The molecule has 0 spiro atoms. The van der Waals surface area contributed by atoms with Crippen LogP contribution in [0.3, 0.4) is 0 Å². The number of carbonyl (C=O) groups excluding carboxylic acids is 1. The lowest BCUT2D eigenvalue weighted by molar-refractivity contribution is 0.1000. The van der Waals surface area contributed by atoms with Gasteiger partial charge in [-0.15, -0.1) is 0 Å². The molecular formula is C16H21N5O. The quantitative estimate of drug-likeness (QED) is 0.940. The van der Waals surface area contributed by atoms with E-state index in [4.69, 9.17) is 5.73 Å². The molecule has 0 aromatic carbocycles. The van der Waals surface area contributed by atoms with Crippen LogP contribution in [0, 0.1) is 5.92 Å². The van der Waals surface area contributed by atoms with Crippen LogP contribution in [0.25, 0.3) is 5.69 Å². The molecule has 1 amide bonds. The van der Waals surface area contributed by atoms with Crippen molar-refractivity contribution >= 4 is 11.7 Å². The van der Waals surface area contributed by atoms with E-state index < -0.39 is 5.91 Å². The third-order valence-corrected chi connectivity index (χ3v) is 4.24. The van der Waals surface area contributed by atoms with E-state index in [0.717, 1.165) is 13.0 Å². The summed E-state index contributed by atoms with van der Waals surface area (Å²) in [6.07, 6.45) is 6.23. The van der Waals surface area contributed by atoms with Gasteiger partial charge in [0.2, 0.25) is 0 Å². The maximum atomic E-state index is 12.1. The molecule has 2 aromatic heterocycles. The summed E-state index contributed by atoms with van der Waals surface area (Å²) in [5.74, 6) is 0.713. The molecule has 3 heterocycles. The zero-order valence-electron chi connectivity index (χ0n) is 13.2. The second kappa shape index (κ2) is 5.12. The Bertz CT molecular complexity index is 693. The van der Waals surface area contributed by atoms with E-state index in [0.29, 0.717) is 23.0 Å². The van der Waals surface area contributed by atoms with Crippen molar-refractivity contribution < 1.29 is 4.79 Å². The lowest BCUT2D eigenvalue weighted by Gasteiger charge is -2.33. The van der Waals surface area contributed by atoms with E-state index in [1.807, 2.05) is 6.07 Å². The van der Waals surface area contributed by atoms with E-state index >= 15 is 0 Å². The minimum Gasteiger partial charge on any atom is -0.365 e. The number of rotatable bonds is 3. The lowest BCUT2D eigenvalue weighted by Crippen LogP contribution is -2.40. The predicted molar refractivity (Wildman–Crippen MR) is 85.1 cm³/mol. The Morgan fingerprint density at radius 2 is 2.18 bits per heavy atom. The van der Waals surface area contributed by atoms with E-state index in [1.54, 1.807) is 29.3 Å². The molecule has 2 aromatic rings. The van der Waals surface area contributed by atoms with Crippen LogP contribution in [0.2, 0.25) is 0 Å². The van der Waals surface area contributed by atoms with Gasteiger partial charge in [0.05, 0.1) is 5.69 Å². The van der Waals surface area contributed by atoms with Crippen molar-refractivity contribution in [2.75, 3.05) is 11.4 Å². The molecule has 1 atom stereocenters. The van der Waals surface area contributed by atoms with Crippen LogP contribution in [0.5, 0.6) is 0 Å². The van der Waals surface area contributed by atoms with Crippen molar-refractivity contribution in [1.82, 2.24) is 14.8 Å². The number of pyridine rings is 1. The van der Waals surface area contributed by atoms with Gasteiger partial charge >= 0.3 is 0 Å². The van der Waals surface area contributed by atoms with Crippen molar-refractivity contribution in [3.63, 3.8) is 0 Å². The number of hydrogen-bond acceptors (Lipinski definition) is 4. The molecule has 116 valence electrons. The second-order valence-electron chi connectivity index (χ2n) is 6.58. The average Bonchev–Trinajstić information content (AvgIpc) is 3.05. The molecule has 1 aliphatic rings. The first-order chi connectivity index (χ1) is 10.4. The highest BCUT2D eigenvalue weighted by molar-refractivity contribution is 6.01. The highest BCUT2D eigenvalue weighted by Gasteiger charge is 2.39. The summed E-state index contributed by atoms with van der Waals surface area (Å²) in [4.78, 5) is 18.8. The number of hydrogen-bond donors (Lipinski definition) is 1. The number of anilines is 1. The van der Waals surface area contributed by atoms with Gasteiger partial charge in [0, 0.05) is 30.7 Å². The van der Waals surface area contributed by atoms with Gasteiger partial charge in [0.15, 0.2) is 0 Å². The maximum Gasteiger partial charge on any atom is 0.254 e. The Morgan fingerprint density at radius 1 is 1.41 bits per heavy atom. The van der Waals surface area contributed by atoms with Gasteiger partial charge < -0.3 is 10.6 Å². The molecule has 3 rings (SSSR count). The Morgan fingerprint density at radius 3 is 2.73 bits per heavy atom. The zero-order chi connectivity index (χ0) is 15.9. The topological polar surface area (TPSA) is 77.0 Å². The lowest BCUT2D eigenvalue weighted by atomic mass is 9.97. The fraction of sp³-hybridized carbons (Fsp3) is 0.438. The molecule has 1 aliphatic heterocycles. The van der Waals surface area contributed by atoms with Crippen molar-refractivity contribution in [2.45, 2.75) is 32.7 Å². The van der Waals surface area contributed by atoms with Crippen molar-refractivity contribution in [1.29, 1.82) is 0 Å². The number of carbonyl (C=O) groups is 1. The monoisotopic (exact) mass is 299 g/mol. The molecular weight excluding hydrogens is 278 g/mol. The SMILES string of the molecule is C[C@@H]1CN(c2nccc(-n3cccn3)c2C(N)=O)C(C)(C)C1. The van der Waals surface area contributed by atoms with Crippen LogP contribution >= 0.6 is 0 Å². The molecule has 6 heteroatoms. The number of aromatic nitrogens is 3. The van der Waals surface area contributed by atoms with Crippen molar-refractivity contribution in [3.8, 4) is 5.69 Å². The van der Waals surface area contributed by atoms with Crippen LogP contribution < -0.4 is 10.6 Å². The summed E-state index contributed by atoms with van der Waals surface area (Å²) in [6, 6.07) is 3.58. The van der Waals surface area contributed by atoms with E-state index in [-0.39, 0.29) is 5.54 Å². The molecule has 0 unspecified atom stereocenters. The fourth-order valence-corrected chi connectivity index (χ4v) is 3.44. The number of primary amides is 1. The van der Waals surface area contributed by atoms with Gasteiger partial charge in [0.25, 0.3) is 5.91 Å². The molecule has 1 fully saturated rings. The summed E-state index contributed by atoms with van der Waals surface area (Å²) in [5, 5.41) is 4.21. The number of amides is 1. The van der Waals surface area contributed by atoms with Gasteiger partial charge in [-0.3, -0.25) is 4.79 Å². The normalized spacial score (nSPS) is 20.3. The Hall–Kier alpha value is -2.37. The first-order valence-corrected chi connectivity index (χ1v) is 7.46. The zero-order valence-corrected chi connectivity index (χ0v) is 13.2. The van der Waals surface area contributed by atoms with E-state index in [1.165, 1.54) is 0 Å². The van der Waals surface area contributed by atoms with Crippen molar-refractivity contribution in [3.05, 3.63) is 36.3 Å². The van der Waals surface area contributed by atoms with Crippen LogP contribution in [-0.4, -0.2) is 32.8 Å². The fourth-order valence-electron chi connectivity index (χ4n) is 3.44. The first-order valence-electron chi connectivity index (χ1n) is 7.46.